The number of hydrogen-bond acceptors (Lipinski definition) is 3. The van der Waals surface area contributed by atoms with Crippen molar-refractivity contribution in [2.75, 3.05) is 6.54 Å². The first-order valence-corrected chi connectivity index (χ1v) is 7.64. The van der Waals surface area contributed by atoms with E-state index in [1.165, 1.54) is 25.0 Å². The number of hydrogen-bond donors (Lipinski definition) is 1. The zero-order valence-corrected chi connectivity index (χ0v) is 12.6. The predicted octanol–water partition coefficient (Wildman–Crippen LogP) is 3.93. The third-order valence-corrected chi connectivity index (χ3v) is 3.74. The van der Waals surface area contributed by atoms with E-state index in [4.69, 9.17) is 4.42 Å². The second-order valence-electron chi connectivity index (χ2n) is 5.11. The number of oxazole rings is 1. The van der Waals surface area contributed by atoms with Crippen LogP contribution in [-0.2, 0) is 6.42 Å². The summed E-state index contributed by atoms with van der Waals surface area (Å²) in [5.74, 6) is 1.02. The number of aryl methyl sites for hydroxylation is 1. The average Bonchev–Trinajstić information content (AvgIpc) is 3.10. The molecule has 20 heavy (non-hydrogen) atoms. The number of nitrogens with one attached hydrogen (secondary N) is 1. The third kappa shape index (κ3) is 3.67. The lowest BCUT2D eigenvalue weighted by Gasteiger charge is -2.00. The molecule has 0 amide bonds. The zero-order chi connectivity index (χ0) is 13.9. The third-order valence-electron chi connectivity index (χ3n) is 3.28. The van der Waals surface area contributed by atoms with Crippen molar-refractivity contribution in [1.29, 1.82) is 0 Å². The van der Waals surface area contributed by atoms with Crippen LogP contribution in [0.3, 0.4) is 0 Å². The molecule has 3 rings (SSSR count). The molecule has 0 unspecified atom stereocenters. The van der Waals surface area contributed by atoms with Crippen LogP contribution in [0.15, 0.2) is 33.3 Å². The van der Waals surface area contributed by atoms with E-state index in [0.717, 1.165) is 25.4 Å². The highest BCUT2D eigenvalue weighted by molar-refractivity contribution is 9.10. The van der Waals surface area contributed by atoms with Crippen LogP contribution < -0.4 is 5.32 Å². The number of benzene rings is 1. The van der Waals surface area contributed by atoms with Crippen molar-refractivity contribution in [1.82, 2.24) is 10.3 Å². The van der Waals surface area contributed by atoms with Crippen LogP contribution in [0.4, 0.5) is 4.39 Å². The molecule has 3 nitrogen and oxygen atoms in total. The van der Waals surface area contributed by atoms with Crippen molar-refractivity contribution in [2.24, 2.45) is 0 Å². The highest BCUT2D eigenvalue weighted by atomic mass is 79.9. The minimum absolute atomic E-state index is 0.291. The molecule has 1 saturated carbocycles. The quantitative estimate of drug-likeness (QED) is 0.811. The molecule has 106 valence electrons. The van der Waals surface area contributed by atoms with Crippen LogP contribution >= 0.6 is 15.9 Å². The first-order valence-electron chi connectivity index (χ1n) is 6.85. The van der Waals surface area contributed by atoms with Gasteiger partial charge in [0.05, 0.1) is 6.20 Å². The van der Waals surface area contributed by atoms with Crippen LogP contribution in [-0.4, -0.2) is 17.6 Å². The molecular weight excluding hydrogens is 323 g/mol. The maximum Gasteiger partial charge on any atom is 0.194 e. The molecule has 0 radical (unpaired) electrons. The lowest BCUT2D eigenvalue weighted by atomic mass is 10.2. The molecule has 1 aromatic carbocycles. The van der Waals surface area contributed by atoms with Gasteiger partial charge in [-0.05, 0) is 44.0 Å². The Balaban J connectivity index is 1.60. The monoisotopic (exact) mass is 338 g/mol. The van der Waals surface area contributed by atoms with Crippen LogP contribution in [0, 0.1) is 5.82 Å². The fourth-order valence-corrected chi connectivity index (χ4v) is 2.55. The van der Waals surface area contributed by atoms with E-state index < -0.39 is 0 Å². The van der Waals surface area contributed by atoms with E-state index in [9.17, 15) is 4.39 Å². The van der Waals surface area contributed by atoms with Crippen LogP contribution in [0.5, 0.6) is 0 Å². The van der Waals surface area contributed by atoms with Gasteiger partial charge in [0.25, 0.3) is 0 Å². The minimum atomic E-state index is -0.291. The zero-order valence-electron chi connectivity index (χ0n) is 11.0. The normalized spacial score (nSPS) is 14.7. The smallest absolute Gasteiger partial charge is 0.194 e. The SMILES string of the molecule is Fc1cc(Br)cc(-c2cnc(CCCNC3CC3)o2)c1. The standard InChI is InChI=1S/C15H16BrFN2O/c16-11-6-10(7-12(17)8-11)14-9-19-15(20-14)2-1-5-18-13-3-4-13/h6-9,13,18H,1-5H2. The Labute approximate surface area is 125 Å². The molecule has 1 aromatic heterocycles. The van der Waals surface area contributed by atoms with Gasteiger partial charge in [0, 0.05) is 22.5 Å². The number of halogens is 2. The molecule has 1 aliphatic carbocycles. The van der Waals surface area contributed by atoms with Crippen molar-refractivity contribution in [3.05, 3.63) is 40.6 Å². The van der Waals surface area contributed by atoms with E-state index in [1.54, 1.807) is 6.20 Å². The summed E-state index contributed by atoms with van der Waals surface area (Å²) >= 11 is 3.28. The van der Waals surface area contributed by atoms with Crippen molar-refractivity contribution in [3.63, 3.8) is 0 Å². The second kappa shape index (κ2) is 6.06. The molecule has 0 atom stereocenters. The van der Waals surface area contributed by atoms with Gasteiger partial charge in [0.1, 0.15) is 5.82 Å². The molecular formula is C15H16BrFN2O. The van der Waals surface area contributed by atoms with Gasteiger partial charge in [-0.25, -0.2) is 9.37 Å². The van der Waals surface area contributed by atoms with Gasteiger partial charge in [-0.15, -0.1) is 0 Å². The summed E-state index contributed by atoms with van der Waals surface area (Å²) < 4.78 is 19.7. The van der Waals surface area contributed by atoms with Crippen molar-refractivity contribution < 1.29 is 8.81 Å². The molecule has 0 bridgehead atoms. The van der Waals surface area contributed by atoms with E-state index in [2.05, 4.69) is 26.2 Å². The molecule has 5 heteroatoms. The lowest BCUT2D eigenvalue weighted by Crippen LogP contribution is -2.17. The summed E-state index contributed by atoms with van der Waals surface area (Å²) in [5.41, 5.74) is 0.701. The van der Waals surface area contributed by atoms with E-state index >= 15 is 0 Å². The Morgan fingerprint density at radius 3 is 2.95 bits per heavy atom. The average molecular weight is 339 g/mol. The molecule has 1 N–H and O–H groups in total. The summed E-state index contributed by atoms with van der Waals surface area (Å²) in [5, 5.41) is 3.46. The van der Waals surface area contributed by atoms with Crippen LogP contribution in [0.1, 0.15) is 25.2 Å². The number of nitrogens with zero attached hydrogens (tertiary/aromatic N) is 1. The van der Waals surface area contributed by atoms with Gasteiger partial charge in [-0.3, -0.25) is 0 Å². The van der Waals surface area contributed by atoms with Crippen molar-refractivity contribution >= 4 is 15.9 Å². The minimum Gasteiger partial charge on any atom is -0.441 e. The highest BCUT2D eigenvalue weighted by Crippen LogP contribution is 2.25. The molecule has 1 heterocycles. The highest BCUT2D eigenvalue weighted by Gasteiger charge is 2.19. The van der Waals surface area contributed by atoms with Crippen molar-refractivity contribution in [2.45, 2.75) is 31.7 Å². The van der Waals surface area contributed by atoms with Gasteiger partial charge in [0.15, 0.2) is 11.7 Å². The Morgan fingerprint density at radius 2 is 2.20 bits per heavy atom. The summed E-state index contributed by atoms with van der Waals surface area (Å²) in [7, 11) is 0. The predicted molar refractivity (Wildman–Crippen MR) is 78.9 cm³/mol. The molecule has 0 aliphatic heterocycles. The molecule has 0 saturated heterocycles. The van der Waals surface area contributed by atoms with Crippen LogP contribution in [0.2, 0.25) is 0 Å². The maximum absolute atomic E-state index is 13.4. The van der Waals surface area contributed by atoms with Crippen LogP contribution in [0.25, 0.3) is 11.3 Å². The summed E-state index contributed by atoms with van der Waals surface area (Å²) in [6.45, 7) is 0.994. The number of rotatable bonds is 6. The lowest BCUT2D eigenvalue weighted by molar-refractivity contribution is 0.491. The summed E-state index contributed by atoms with van der Waals surface area (Å²) in [6.07, 6.45) is 6.07. The Bertz CT molecular complexity index is 575. The molecule has 1 fully saturated rings. The Morgan fingerprint density at radius 1 is 1.35 bits per heavy atom. The molecule has 2 aromatic rings. The number of aromatic nitrogens is 1. The fraction of sp³-hybridized carbons (Fsp3) is 0.400. The Hall–Kier alpha value is -1.20. The second-order valence-corrected chi connectivity index (χ2v) is 6.02. The Kier molecular flexibility index (Phi) is 4.17. The first kappa shape index (κ1) is 13.8. The summed E-state index contributed by atoms with van der Waals surface area (Å²) in [4.78, 5) is 4.25. The van der Waals surface area contributed by atoms with Crippen molar-refractivity contribution in [3.8, 4) is 11.3 Å². The van der Waals surface area contributed by atoms with Gasteiger partial charge in [-0.1, -0.05) is 15.9 Å². The fourth-order valence-electron chi connectivity index (χ4n) is 2.09. The van der Waals surface area contributed by atoms with E-state index in [-0.39, 0.29) is 5.82 Å². The van der Waals surface area contributed by atoms with Gasteiger partial charge >= 0.3 is 0 Å². The molecule has 0 spiro atoms. The first-order chi connectivity index (χ1) is 9.70. The van der Waals surface area contributed by atoms with Gasteiger partial charge in [0.2, 0.25) is 0 Å². The van der Waals surface area contributed by atoms with E-state index in [1.807, 2.05) is 6.07 Å². The maximum atomic E-state index is 13.4. The molecule has 1 aliphatic rings. The van der Waals surface area contributed by atoms with Gasteiger partial charge in [-0.2, -0.15) is 0 Å². The topological polar surface area (TPSA) is 38.1 Å². The van der Waals surface area contributed by atoms with Gasteiger partial charge < -0.3 is 9.73 Å². The largest absolute Gasteiger partial charge is 0.441 e. The van der Waals surface area contributed by atoms with E-state index in [0.29, 0.717) is 21.7 Å². The summed E-state index contributed by atoms with van der Waals surface area (Å²) in [6, 6.07) is 5.43.